The van der Waals surface area contributed by atoms with Gasteiger partial charge in [0, 0.05) is 29.3 Å². The van der Waals surface area contributed by atoms with Gasteiger partial charge in [0.1, 0.15) is 5.78 Å². The van der Waals surface area contributed by atoms with Gasteiger partial charge in [-0.2, -0.15) is 0 Å². The monoisotopic (exact) mass is 213 g/mol. The van der Waals surface area contributed by atoms with Crippen molar-refractivity contribution in [3.63, 3.8) is 0 Å². The van der Waals surface area contributed by atoms with E-state index in [1.165, 1.54) is 0 Å². The first kappa shape index (κ1) is 7.36. The zero-order chi connectivity index (χ0) is 5.70. The summed E-state index contributed by atoms with van der Waals surface area (Å²) < 4.78 is 2.74. The Hall–Kier alpha value is 0.360. The zero-order valence-corrected chi connectivity index (χ0v) is 6.36. The molecule has 42 valence electrons. The van der Waals surface area contributed by atoms with Crippen molar-refractivity contribution < 1.29 is 4.79 Å². The first-order valence-corrected chi connectivity index (χ1v) is 3.24. The summed E-state index contributed by atoms with van der Waals surface area (Å²) in [6, 6.07) is 0. The van der Waals surface area contributed by atoms with Gasteiger partial charge in [-0.1, -0.05) is 6.92 Å². The van der Waals surface area contributed by atoms with E-state index in [1.54, 1.807) is 0 Å². The summed E-state index contributed by atoms with van der Waals surface area (Å²) in [5.74, 6) is 0.259. The Labute approximate surface area is 57.2 Å². The first-order valence-electron chi connectivity index (χ1n) is 2.16. The minimum atomic E-state index is 0.259. The SMILES string of the molecule is CCC(=O)CNI. The molecule has 0 aromatic rings. The van der Waals surface area contributed by atoms with E-state index in [-0.39, 0.29) is 5.78 Å². The average Bonchev–Trinajstić information content (AvgIpc) is 1.68. The van der Waals surface area contributed by atoms with Crippen molar-refractivity contribution in [2.45, 2.75) is 13.3 Å². The third-order valence-electron chi connectivity index (χ3n) is 0.658. The summed E-state index contributed by atoms with van der Waals surface area (Å²) >= 11 is 1.96. The highest BCUT2D eigenvalue weighted by Crippen LogP contribution is 1.78. The number of ketones is 1. The standard InChI is InChI=1S/C4H8INO/c1-2-4(7)3-6-5/h6H,2-3H2,1H3. The molecule has 0 aromatic heterocycles. The van der Waals surface area contributed by atoms with Gasteiger partial charge in [-0.15, -0.1) is 0 Å². The fourth-order valence-corrected chi connectivity index (χ4v) is 0.625. The van der Waals surface area contributed by atoms with Gasteiger partial charge in [0.15, 0.2) is 0 Å². The van der Waals surface area contributed by atoms with E-state index >= 15 is 0 Å². The second-order valence-corrected chi connectivity index (χ2v) is 1.97. The second kappa shape index (κ2) is 4.52. The minimum Gasteiger partial charge on any atom is -0.298 e. The second-order valence-electron chi connectivity index (χ2n) is 1.20. The smallest absolute Gasteiger partial charge is 0.147 e. The maximum absolute atomic E-state index is 10.3. The Bertz CT molecular complexity index is 64.7. The summed E-state index contributed by atoms with van der Waals surface area (Å²) in [6.45, 7) is 2.35. The topological polar surface area (TPSA) is 29.1 Å². The van der Waals surface area contributed by atoms with Crippen LogP contribution in [0.25, 0.3) is 0 Å². The molecule has 0 unspecified atom stereocenters. The van der Waals surface area contributed by atoms with E-state index in [9.17, 15) is 4.79 Å². The summed E-state index contributed by atoms with van der Waals surface area (Å²) in [5, 5.41) is 0. The molecule has 0 atom stereocenters. The van der Waals surface area contributed by atoms with Crippen molar-refractivity contribution in [2.24, 2.45) is 0 Å². The molecule has 0 rings (SSSR count). The lowest BCUT2D eigenvalue weighted by molar-refractivity contribution is -0.117. The largest absolute Gasteiger partial charge is 0.298 e. The Kier molecular flexibility index (Phi) is 4.75. The van der Waals surface area contributed by atoms with Crippen LogP contribution in [0.1, 0.15) is 13.3 Å². The molecule has 0 aromatic carbocycles. The number of hydrogen-bond acceptors (Lipinski definition) is 2. The third kappa shape index (κ3) is 4.21. The Balaban J connectivity index is 3.00. The summed E-state index contributed by atoms with van der Waals surface area (Å²) in [6.07, 6.45) is 0.635. The van der Waals surface area contributed by atoms with Gasteiger partial charge in [-0.05, 0) is 0 Å². The summed E-state index contributed by atoms with van der Waals surface area (Å²) in [7, 11) is 0. The lowest BCUT2D eigenvalue weighted by Gasteiger charge is -1.88. The van der Waals surface area contributed by atoms with Gasteiger partial charge in [-0.25, -0.2) is 0 Å². The lowest BCUT2D eigenvalue weighted by Crippen LogP contribution is -2.11. The molecular weight excluding hydrogens is 205 g/mol. The molecule has 0 heterocycles. The van der Waals surface area contributed by atoms with Crippen LogP contribution in [0.15, 0.2) is 0 Å². The highest BCUT2D eigenvalue weighted by Gasteiger charge is 1.91. The van der Waals surface area contributed by atoms with Gasteiger partial charge < -0.3 is 0 Å². The van der Waals surface area contributed by atoms with Crippen LogP contribution in [0.4, 0.5) is 0 Å². The molecule has 0 fully saturated rings. The fraction of sp³-hybridized carbons (Fsp3) is 0.750. The van der Waals surface area contributed by atoms with Crippen molar-refractivity contribution in [1.82, 2.24) is 3.53 Å². The molecule has 7 heavy (non-hydrogen) atoms. The van der Waals surface area contributed by atoms with Gasteiger partial charge in [0.2, 0.25) is 0 Å². The molecule has 0 bridgehead atoms. The van der Waals surface area contributed by atoms with Crippen molar-refractivity contribution >= 4 is 28.6 Å². The minimum absolute atomic E-state index is 0.259. The molecule has 0 saturated carbocycles. The zero-order valence-electron chi connectivity index (χ0n) is 4.20. The normalized spacial score (nSPS) is 8.86. The van der Waals surface area contributed by atoms with Gasteiger partial charge in [-0.3, -0.25) is 8.32 Å². The third-order valence-corrected chi connectivity index (χ3v) is 1.04. The van der Waals surface area contributed by atoms with Crippen molar-refractivity contribution in [2.75, 3.05) is 6.54 Å². The molecule has 0 aliphatic rings. The van der Waals surface area contributed by atoms with Crippen molar-refractivity contribution in [3.05, 3.63) is 0 Å². The number of nitrogens with one attached hydrogen (secondary N) is 1. The van der Waals surface area contributed by atoms with E-state index in [4.69, 9.17) is 0 Å². The molecule has 0 radical (unpaired) electrons. The number of carbonyl (C=O) groups excluding carboxylic acids is 1. The molecule has 0 aliphatic heterocycles. The predicted molar refractivity (Wildman–Crippen MR) is 37.3 cm³/mol. The molecular formula is C4H8INO. The quantitative estimate of drug-likeness (QED) is 0.557. The van der Waals surface area contributed by atoms with Gasteiger partial charge in [0.05, 0.1) is 6.54 Å². The van der Waals surface area contributed by atoms with Crippen LogP contribution < -0.4 is 3.53 Å². The fourth-order valence-electron chi connectivity index (χ4n) is 0.200. The Morgan fingerprint density at radius 1 is 1.86 bits per heavy atom. The molecule has 0 aliphatic carbocycles. The number of hydrogen-bond donors (Lipinski definition) is 1. The van der Waals surface area contributed by atoms with Gasteiger partial charge >= 0.3 is 0 Å². The van der Waals surface area contributed by atoms with Crippen LogP contribution in [-0.4, -0.2) is 12.3 Å². The summed E-state index contributed by atoms with van der Waals surface area (Å²) in [4.78, 5) is 10.3. The molecule has 0 spiro atoms. The van der Waals surface area contributed by atoms with E-state index < -0.39 is 0 Å². The Morgan fingerprint density at radius 2 is 2.43 bits per heavy atom. The van der Waals surface area contributed by atoms with E-state index in [1.807, 2.05) is 29.8 Å². The van der Waals surface area contributed by atoms with E-state index in [2.05, 4.69) is 3.53 Å². The van der Waals surface area contributed by atoms with E-state index in [0.29, 0.717) is 13.0 Å². The number of Topliss-reactive ketones (excluding diaryl/α,β-unsaturated/α-hetero) is 1. The maximum atomic E-state index is 10.3. The molecule has 0 amide bonds. The van der Waals surface area contributed by atoms with Crippen LogP contribution in [0.5, 0.6) is 0 Å². The first-order chi connectivity index (χ1) is 3.31. The van der Waals surface area contributed by atoms with Crippen molar-refractivity contribution in [3.8, 4) is 0 Å². The Morgan fingerprint density at radius 3 is 2.57 bits per heavy atom. The molecule has 3 heteroatoms. The highest BCUT2D eigenvalue weighted by molar-refractivity contribution is 14.1. The van der Waals surface area contributed by atoms with Gasteiger partial charge in [0.25, 0.3) is 0 Å². The van der Waals surface area contributed by atoms with Crippen molar-refractivity contribution in [1.29, 1.82) is 0 Å². The summed E-state index contributed by atoms with van der Waals surface area (Å²) in [5.41, 5.74) is 0. The predicted octanol–water partition coefficient (Wildman–Crippen LogP) is 0.905. The number of carbonyl (C=O) groups is 1. The lowest BCUT2D eigenvalue weighted by atomic mass is 10.3. The maximum Gasteiger partial charge on any atom is 0.147 e. The number of rotatable bonds is 3. The van der Waals surface area contributed by atoms with Crippen LogP contribution in [0.3, 0.4) is 0 Å². The molecule has 0 saturated heterocycles. The van der Waals surface area contributed by atoms with E-state index in [0.717, 1.165) is 0 Å². The van der Waals surface area contributed by atoms with Crippen LogP contribution >= 0.6 is 22.9 Å². The highest BCUT2D eigenvalue weighted by atomic mass is 127. The van der Waals surface area contributed by atoms with Crippen LogP contribution in [0.2, 0.25) is 0 Å². The average molecular weight is 213 g/mol. The van der Waals surface area contributed by atoms with Crippen LogP contribution in [0, 0.1) is 0 Å². The molecule has 2 nitrogen and oxygen atoms in total. The molecule has 1 N–H and O–H groups in total. The number of halogens is 1. The van der Waals surface area contributed by atoms with Crippen LogP contribution in [-0.2, 0) is 4.79 Å².